The number of thiazole rings is 1. The van der Waals surface area contributed by atoms with Gasteiger partial charge in [-0.15, -0.1) is 11.3 Å². The van der Waals surface area contributed by atoms with Crippen molar-refractivity contribution in [2.24, 2.45) is 17.8 Å². The number of hydrogen-bond donors (Lipinski definition) is 3. The number of amides is 4. The standard InChI is InChI=1S/C46H57F3N6O9S2/c1-26(2)63-31-14-12-29(13-15-31)34-19-32(20-35(51-34)37-23-50-25-65-37)64-33-21-36-39(56)52-45(41(58)53-66(61,62)44(7)16-17-44)22-30(45)11-9-8-10-27(3)18-28(4)38(40(57)54(36)24-33)55(42(59)60)43(5,6)46(47,48)49/h9,11-15,19-20,23,25-28,30,33,36,38H,8,10,16-18,21-22,24H2,1-7H3,(H,52,56)(H,53,58)(H,59,60)/b11-9-/t27-,28+,30+,33+,36-,38-,45+/m0/s1. The van der Waals surface area contributed by atoms with Crippen LogP contribution in [-0.4, -0.2) is 110 Å². The Bertz CT molecular complexity index is 2460. The Morgan fingerprint density at radius 3 is 2.35 bits per heavy atom. The van der Waals surface area contributed by atoms with Gasteiger partial charge in [0.15, 0.2) is 0 Å². The number of nitrogens with zero attached hydrogens (tertiary/aromatic N) is 4. The topological polar surface area (TPSA) is 197 Å². The van der Waals surface area contributed by atoms with Gasteiger partial charge in [-0.25, -0.2) is 18.2 Å². The highest BCUT2D eigenvalue weighted by Gasteiger charge is 2.64. The van der Waals surface area contributed by atoms with Crippen molar-refractivity contribution in [3.8, 4) is 33.3 Å². The van der Waals surface area contributed by atoms with E-state index in [1.54, 1.807) is 42.0 Å². The molecule has 3 aromatic rings. The SMILES string of the molecule is CC(C)Oc1ccc(-c2cc(O[C@@H]3C[C@H]4C(=O)N[C@]5(C(=O)NS(=O)(=O)C6(C)CC6)C[C@H]5/C=C\CC[C@H](C)C[C@@H](C)[C@H](N(C(=O)O)C(C)(C)C(F)(F)F)C(=O)N4C3)cc(-c3cncs3)n2)cc1. The van der Waals surface area contributed by atoms with E-state index in [0.29, 0.717) is 67.1 Å². The van der Waals surface area contributed by atoms with E-state index >= 15 is 4.79 Å². The van der Waals surface area contributed by atoms with Crippen LogP contribution in [0.3, 0.4) is 0 Å². The number of rotatable bonds is 11. The van der Waals surface area contributed by atoms with Gasteiger partial charge in [0.1, 0.15) is 40.8 Å². The number of carbonyl (C=O) groups is 4. The van der Waals surface area contributed by atoms with Crippen molar-refractivity contribution < 1.29 is 55.3 Å². The third kappa shape index (κ3) is 9.89. The lowest BCUT2D eigenvalue weighted by molar-refractivity contribution is -0.222. The number of fused-ring (bicyclic) bond motifs is 2. The molecule has 1 saturated heterocycles. The molecule has 0 spiro atoms. The summed E-state index contributed by atoms with van der Waals surface area (Å²) in [6.07, 6.45) is -1.32. The predicted molar refractivity (Wildman–Crippen MR) is 240 cm³/mol. The van der Waals surface area contributed by atoms with Crippen LogP contribution < -0.4 is 19.5 Å². The molecule has 4 amide bonds. The number of alkyl halides is 3. The van der Waals surface area contributed by atoms with E-state index in [-0.39, 0.29) is 48.5 Å². The molecule has 3 N–H and O–H groups in total. The van der Waals surface area contributed by atoms with Gasteiger partial charge in [-0.3, -0.25) is 29.0 Å². The van der Waals surface area contributed by atoms with Crippen LogP contribution in [0, 0.1) is 17.8 Å². The van der Waals surface area contributed by atoms with Crippen LogP contribution in [0.2, 0.25) is 0 Å². The Morgan fingerprint density at radius 1 is 1.06 bits per heavy atom. The summed E-state index contributed by atoms with van der Waals surface area (Å²) in [5.41, 5.74) is -1.44. The molecule has 4 aliphatic rings. The number of sulfonamides is 1. The summed E-state index contributed by atoms with van der Waals surface area (Å²) in [7, 11) is -4.14. The molecule has 0 radical (unpaired) electrons. The highest BCUT2D eigenvalue weighted by molar-refractivity contribution is 7.91. The van der Waals surface area contributed by atoms with Crippen LogP contribution in [-0.2, 0) is 24.4 Å². The van der Waals surface area contributed by atoms with E-state index in [4.69, 9.17) is 14.5 Å². The Kier molecular flexibility index (Phi) is 13.4. The number of nitrogens with one attached hydrogen (secondary N) is 2. The minimum absolute atomic E-state index is 0.0421. The van der Waals surface area contributed by atoms with Crippen molar-refractivity contribution in [3.05, 3.63) is 60.3 Å². The molecule has 15 nitrogen and oxygen atoms in total. The lowest BCUT2D eigenvalue weighted by Crippen LogP contribution is -2.66. The molecular formula is C46H57F3N6O9S2. The van der Waals surface area contributed by atoms with Crippen molar-refractivity contribution in [1.29, 1.82) is 0 Å². The highest BCUT2D eigenvalue weighted by atomic mass is 32.2. The third-order valence-corrected chi connectivity index (χ3v) is 16.2. The molecular weight excluding hydrogens is 902 g/mol. The molecule has 2 aliphatic heterocycles. The zero-order valence-electron chi connectivity index (χ0n) is 37.9. The molecule has 66 heavy (non-hydrogen) atoms. The molecule has 2 saturated carbocycles. The maximum Gasteiger partial charge on any atom is 0.411 e. The van der Waals surface area contributed by atoms with E-state index in [9.17, 15) is 41.1 Å². The predicted octanol–water partition coefficient (Wildman–Crippen LogP) is 7.58. The van der Waals surface area contributed by atoms with E-state index in [2.05, 4.69) is 15.0 Å². The molecule has 358 valence electrons. The molecule has 3 fully saturated rings. The van der Waals surface area contributed by atoms with Crippen molar-refractivity contribution in [3.63, 3.8) is 0 Å². The summed E-state index contributed by atoms with van der Waals surface area (Å²) in [6, 6.07) is 7.19. The quantitative estimate of drug-likeness (QED) is 0.160. The minimum Gasteiger partial charge on any atom is -0.491 e. The zero-order valence-corrected chi connectivity index (χ0v) is 39.6. The van der Waals surface area contributed by atoms with Gasteiger partial charge in [0, 0.05) is 36.2 Å². The number of allylic oxidation sites excluding steroid dienone is 1. The van der Waals surface area contributed by atoms with Gasteiger partial charge in [-0.2, -0.15) is 13.2 Å². The second kappa shape index (κ2) is 18.1. The van der Waals surface area contributed by atoms with E-state index in [0.717, 1.165) is 4.90 Å². The number of hydrogen-bond acceptors (Lipinski definition) is 11. The van der Waals surface area contributed by atoms with Gasteiger partial charge in [0.2, 0.25) is 21.8 Å². The average molecular weight is 959 g/mol. The van der Waals surface area contributed by atoms with Gasteiger partial charge < -0.3 is 24.8 Å². The first-order valence-electron chi connectivity index (χ1n) is 22.2. The average Bonchev–Trinajstić information content (AvgIpc) is 3.98. The van der Waals surface area contributed by atoms with Crippen LogP contribution in [0.15, 0.2) is 60.3 Å². The number of halogens is 3. The molecule has 1 aromatic carbocycles. The molecule has 4 heterocycles. The van der Waals surface area contributed by atoms with Crippen LogP contribution in [0.25, 0.3) is 21.8 Å². The minimum atomic E-state index is -5.11. The first kappa shape index (κ1) is 48.7. The van der Waals surface area contributed by atoms with Crippen molar-refractivity contribution in [2.45, 2.75) is 140 Å². The Hall–Kier alpha value is -5.24. The third-order valence-electron chi connectivity index (χ3n) is 13.3. The summed E-state index contributed by atoms with van der Waals surface area (Å²) >= 11 is 1.33. The summed E-state index contributed by atoms with van der Waals surface area (Å²) < 4.78 is 84.6. The lowest BCUT2D eigenvalue weighted by atomic mass is 9.85. The smallest absolute Gasteiger partial charge is 0.411 e. The molecule has 20 heteroatoms. The highest BCUT2D eigenvalue weighted by Crippen LogP contribution is 2.48. The molecule has 2 aromatic heterocycles. The van der Waals surface area contributed by atoms with Gasteiger partial charge in [0.05, 0.1) is 39.2 Å². The second-order valence-electron chi connectivity index (χ2n) is 19.2. The van der Waals surface area contributed by atoms with Gasteiger partial charge in [-0.05, 0) is 109 Å². The van der Waals surface area contributed by atoms with Crippen LogP contribution in [0.4, 0.5) is 18.0 Å². The fourth-order valence-electron chi connectivity index (χ4n) is 8.94. The summed E-state index contributed by atoms with van der Waals surface area (Å²) in [6.45, 7) is 9.76. The van der Waals surface area contributed by atoms with E-state index in [1.807, 2.05) is 39.0 Å². The number of ether oxygens (including phenoxy) is 2. The number of aromatic nitrogens is 2. The first-order valence-corrected chi connectivity index (χ1v) is 24.5. The van der Waals surface area contributed by atoms with E-state index in [1.165, 1.54) is 25.2 Å². The monoisotopic (exact) mass is 958 g/mol. The number of carboxylic acid groups (broad SMARTS) is 1. The van der Waals surface area contributed by atoms with Gasteiger partial charge in [0.25, 0.3) is 5.91 Å². The summed E-state index contributed by atoms with van der Waals surface area (Å²) in [4.78, 5) is 68.1. The largest absolute Gasteiger partial charge is 0.491 e. The van der Waals surface area contributed by atoms with Crippen molar-refractivity contribution in [1.82, 2.24) is 29.8 Å². The zero-order chi connectivity index (χ0) is 48.1. The second-order valence-corrected chi connectivity index (χ2v) is 22.3. The van der Waals surface area contributed by atoms with Gasteiger partial charge >= 0.3 is 12.3 Å². The fraction of sp³-hybridized carbons (Fsp3) is 0.565. The number of benzene rings is 1. The molecule has 0 bridgehead atoms. The van der Waals surface area contributed by atoms with E-state index < -0.39 is 85.9 Å². The van der Waals surface area contributed by atoms with Gasteiger partial charge in [-0.1, -0.05) is 26.0 Å². The molecule has 2 aliphatic carbocycles. The van der Waals surface area contributed by atoms with Crippen LogP contribution in [0.1, 0.15) is 93.4 Å². The Balaban J connectivity index is 1.29. The first-order chi connectivity index (χ1) is 30.9. The van der Waals surface area contributed by atoms with Crippen molar-refractivity contribution in [2.75, 3.05) is 6.54 Å². The molecule has 0 unspecified atom stereocenters. The van der Waals surface area contributed by atoms with Crippen LogP contribution >= 0.6 is 11.3 Å². The summed E-state index contributed by atoms with van der Waals surface area (Å²) in [5, 5.41) is 13.3. The van der Waals surface area contributed by atoms with Crippen molar-refractivity contribution >= 4 is 45.2 Å². The Labute approximate surface area is 386 Å². The Morgan fingerprint density at radius 2 is 1.74 bits per heavy atom. The molecule has 7 rings (SSSR count). The van der Waals surface area contributed by atoms with Crippen LogP contribution in [0.5, 0.6) is 11.5 Å². The maximum absolute atomic E-state index is 15.2. The molecule has 7 atom stereocenters. The lowest BCUT2D eigenvalue weighted by Gasteiger charge is -2.45. The number of pyridine rings is 1. The normalized spacial score (nSPS) is 27.3. The number of carbonyl (C=O) groups excluding carboxylic acids is 3. The maximum atomic E-state index is 15.2. The fourth-order valence-corrected chi connectivity index (χ4v) is 10.8. The summed E-state index contributed by atoms with van der Waals surface area (Å²) in [5.74, 6) is -3.74.